The fraction of sp³-hybridized carbons (Fsp3) is 0.400. The zero-order chi connectivity index (χ0) is 19.2. The molecular formula is C20H25BrFN5. The van der Waals surface area contributed by atoms with Crippen LogP contribution in [-0.2, 0) is 13.1 Å². The maximum Gasteiger partial charge on any atom is 0.194 e. The first-order valence-corrected chi connectivity index (χ1v) is 9.88. The van der Waals surface area contributed by atoms with Crippen molar-refractivity contribution in [3.63, 3.8) is 0 Å². The third-order valence-electron chi connectivity index (χ3n) is 4.81. The zero-order valence-corrected chi connectivity index (χ0v) is 17.3. The van der Waals surface area contributed by atoms with Gasteiger partial charge in [0.2, 0.25) is 0 Å². The number of aryl methyl sites for hydroxylation is 1. The van der Waals surface area contributed by atoms with Gasteiger partial charge < -0.3 is 10.2 Å². The molecule has 0 aliphatic carbocycles. The Morgan fingerprint density at radius 2 is 2.04 bits per heavy atom. The summed E-state index contributed by atoms with van der Waals surface area (Å²) in [6, 6.07) is 9.36. The van der Waals surface area contributed by atoms with Crippen LogP contribution in [0.1, 0.15) is 16.8 Å². The number of aromatic nitrogens is 1. The van der Waals surface area contributed by atoms with E-state index in [-0.39, 0.29) is 5.82 Å². The lowest BCUT2D eigenvalue weighted by Gasteiger charge is -2.36. The fourth-order valence-corrected chi connectivity index (χ4v) is 3.46. The molecule has 0 spiro atoms. The van der Waals surface area contributed by atoms with Crippen molar-refractivity contribution in [2.45, 2.75) is 20.0 Å². The smallest absolute Gasteiger partial charge is 0.194 e. The van der Waals surface area contributed by atoms with Crippen LogP contribution < -0.4 is 5.32 Å². The average molecular weight is 434 g/mol. The van der Waals surface area contributed by atoms with Crippen molar-refractivity contribution in [3.8, 4) is 0 Å². The second kappa shape index (κ2) is 9.28. The first kappa shape index (κ1) is 19.8. The predicted molar refractivity (Wildman–Crippen MR) is 110 cm³/mol. The molecule has 1 aromatic heterocycles. The molecule has 0 unspecified atom stereocenters. The van der Waals surface area contributed by atoms with Gasteiger partial charge in [0.05, 0.1) is 16.7 Å². The third-order valence-corrected chi connectivity index (χ3v) is 5.45. The summed E-state index contributed by atoms with van der Waals surface area (Å²) in [5.74, 6) is 0.690. The Labute approximate surface area is 168 Å². The van der Waals surface area contributed by atoms with E-state index in [9.17, 15) is 4.39 Å². The first-order valence-electron chi connectivity index (χ1n) is 9.09. The molecular weight excluding hydrogens is 409 g/mol. The molecule has 27 heavy (non-hydrogen) atoms. The third kappa shape index (κ3) is 5.26. The van der Waals surface area contributed by atoms with E-state index >= 15 is 0 Å². The number of nitrogens with one attached hydrogen (secondary N) is 1. The van der Waals surface area contributed by atoms with Crippen LogP contribution in [0.15, 0.2) is 46.0 Å². The van der Waals surface area contributed by atoms with Crippen LogP contribution in [0.3, 0.4) is 0 Å². The average Bonchev–Trinajstić information content (AvgIpc) is 2.68. The summed E-state index contributed by atoms with van der Waals surface area (Å²) in [7, 11) is 1.81. The molecule has 1 aromatic carbocycles. The van der Waals surface area contributed by atoms with Crippen LogP contribution in [0.4, 0.5) is 4.39 Å². The molecule has 1 aliphatic rings. The van der Waals surface area contributed by atoms with Gasteiger partial charge in [-0.3, -0.25) is 14.9 Å². The van der Waals surface area contributed by atoms with Gasteiger partial charge in [0.25, 0.3) is 0 Å². The monoisotopic (exact) mass is 433 g/mol. The molecule has 5 nitrogen and oxygen atoms in total. The molecule has 3 rings (SSSR count). The Morgan fingerprint density at radius 1 is 1.26 bits per heavy atom. The van der Waals surface area contributed by atoms with Crippen LogP contribution in [0, 0.1) is 12.7 Å². The van der Waals surface area contributed by atoms with Crippen LogP contribution in [0.25, 0.3) is 0 Å². The molecule has 0 saturated carbocycles. The van der Waals surface area contributed by atoms with Crippen LogP contribution in [0.2, 0.25) is 0 Å². The maximum atomic E-state index is 13.7. The standard InChI is InChI=1S/C20H25BrFN5/c1-15-4-3-7-24-19(15)13-25-20(23-2)27-10-8-26(9-11-27)14-16-5-6-17(21)18(22)12-16/h3-7,12H,8-11,13-14H2,1-2H3,(H,23,25). The second-order valence-electron chi connectivity index (χ2n) is 6.68. The number of pyridine rings is 1. The van der Waals surface area contributed by atoms with Gasteiger partial charge in [-0.15, -0.1) is 0 Å². The number of nitrogens with zero attached hydrogens (tertiary/aromatic N) is 4. The molecule has 1 saturated heterocycles. The predicted octanol–water partition coefficient (Wildman–Crippen LogP) is 3.18. The molecule has 144 valence electrons. The number of hydrogen-bond acceptors (Lipinski definition) is 3. The van der Waals surface area contributed by atoms with Crippen molar-refractivity contribution >= 4 is 21.9 Å². The summed E-state index contributed by atoms with van der Waals surface area (Å²) < 4.78 is 14.2. The molecule has 1 aliphatic heterocycles. The largest absolute Gasteiger partial charge is 0.351 e. The molecule has 2 aromatic rings. The molecule has 0 atom stereocenters. The Kier molecular flexibility index (Phi) is 6.79. The number of rotatable bonds is 4. The van der Waals surface area contributed by atoms with Crippen LogP contribution >= 0.6 is 15.9 Å². The Bertz CT molecular complexity index is 803. The van der Waals surface area contributed by atoms with Gasteiger partial charge in [-0.1, -0.05) is 12.1 Å². The summed E-state index contributed by atoms with van der Waals surface area (Å²) in [5, 5.41) is 3.41. The van der Waals surface area contributed by atoms with Crippen molar-refractivity contribution in [2.75, 3.05) is 33.2 Å². The highest BCUT2D eigenvalue weighted by atomic mass is 79.9. The van der Waals surface area contributed by atoms with Crippen molar-refractivity contribution in [2.24, 2.45) is 4.99 Å². The number of piperazine rings is 1. The normalized spacial score (nSPS) is 15.9. The quantitative estimate of drug-likeness (QED) is 0.593. The van der Waals surface area contributed by atoms with E-state index in [0.29, 0.717) is 11.0 Å². The lowest BCUT2D eigenvalue weighted by atomic mass is 10.2. The first-order chi connectivity index (χ1) is 13.1. The summed E-state index contributed by atoms with van der Waals surface area (Å²) in [5.41, 5.74) is 3.21. The minimum atomic E-state index is -0.208. The van der Waals surface area contributed by atoms with Crippen LogP contribution in [0.5, 0.6) is 0 Å². The number of benzene rings is 1. The number of hydrogen-bond donors (Lipinski definition) is 1. The van der Waals surface area contributed by atoms with Crippen molar-refractivity contribution in [1.82, 2.24) is 20.1 Å². The minimum absolute atomic E-state index is 0.208. The van der Waals surface area contributed by atoms with E-state index in [1.807, 2.05) is 25.4 Å². The lowest BCUT2D eigenvalue weighted by Crippen LogP contribution is -2.52. The van der Waals surface area contributed by atoms with Gasteiger partial charge in [-0.05, 0) is 52.2 Å². The van der Waals surface area contributed by atoms with E-state index < -0.39 is 0 Å². The summed E-state index contributed by atoms with van der Waals surface area (Å²) >= 11 is 3.20. The van der Waals surface area contributed by atoms with Crippen molar-refractivity contribution in [3.05, 3.63) is 63.6 Å². The molecule has 0 bridgehead atoms. The van der Waals surface area contributed by atoms with Crippen LogP contribution in [-0.4, -0.2) is 54.0 Å². The second-order valence-corrected chi connectivity index (χ2v) is 7.53. The van der Waals surface area contributed by atoms with Gasteiger partial charge in [-0.25, -0.2) is 4.39 Å². The summed E-state index contributed by atoms with van der Waals surface area (Å²) in [6.07, 6.45) is 1.82. The number of halogens is 2. The maximum absolute atomic E-state index is 13.7. The van der Waals surface area contributed by atoms with Gasteiger partial charge in [0.1, 0.15) is 5.82 Å². The van der Waals surface area contributed by atoms with Crippen molar-refractivity contribution < 1.29 is 4.39 Å². The lowest BCUT2D eigenvalue weighted by molar-refractivity contribution is 0.172. The topological polar surface area (TPSA) is 43.8 Å². The Hall–Kier alpha value is -1.99. The fourth-order valence-electron chi connectivity index (χ4n) is 3.21. The molecule has 7 heteroatoms. The molecule has 0 radical (unpaired) electrons. The van der Waals surface area contributed by atoms with E-state index in [2.05, 4.69) is 54.0 Å². The van der Waals surface area contributed by atoms with E-state index in [0.717, 1.165) is 49.9 Å². The van der Waals surface area contributed by atoms with Crippen molar-refractivity contribution in [1.29, 1.82) is 0 Å². The van der Waals surface area contributed by atoms with E-state index in [1.165, 1.54) is 5.56 Å². The number of aliphatic imine (C=N–C) groups is 1. The highest BCUT2D eigenvalue weighted by molar-refractivity contribution is 9.10. The van der Waals surface area contributed by atoms with Gasteiger partial charge in [0, 0.05) is 46.0 Å². The molecule has 1 N–H and O–H groups in total. The van der Waals surface area contributed by atoms with E-state index in [4.69, 9.17) is 0 Å². The minimum Gasteiger partial charge on any atom is -0.351 e. The van der Waals surface area contributed by atoms with Gasteiger partial charge >= 0.3 is 0 Å². The zero-order valence-electron chi connectivity index (χ0n) is 15.8. The van der Waals surface area contributed by atoms with Gasteiger partial charge in [-0.2, -0.15) is 0 Å². The Morgan fingerprint density at radius 3 is 2.70 bits per heavy atom. The highest BCUT2D eigenvalue weighted by Crippen LogP contribution is 2.18. The van der Waals surface area contributed by atoms with Gasteiger partial charge in [0.15, 0.2) is 5.96 Å². The Balaban J connectivity index is 1.51. The van der Waals surface area contributed by atoms with E-state index in [1.54, 1.807) is 12.1 Å². The molecule has 2 heterocycles. The molecule has 1 fully saturated rings. The SMILES string of the molecule is CN=C(NCc1ncccc1C)N1CCN(Cc2ccc(Br)c(F)c2)CC1. The summed E-state index contributed by atoms with van der Waals surface area (Å²) in [4.78, 5) is 13.4. The highest BCUT2D eigenvalue weighted by Gasteiger charge is 2.20. The number of guanidine groups is 1. The summed E-state index contributed by atoms with van der Waals surface area (Å²) in [6.45, 7) is 7.10. The molecule has 0 amide bonds.